The first-order valence-corrected chi connectivity index (χ1v) is 14.2. The summed E-state index contributed by atoms with van der Waals surface area (Å²) < 4.78 is 0. The lowest BCUT2D eigenvalue weighted by Gasteiger charge is -2.27. The minimum atomic E-state index is -1.37. The van der Waals surface area contributed by atoms with E-state index in [1.165, 1.54) is 21.6 Å². The van der Waals surface area contributed by atoms with Crippen molar-refractivity contribution in [2.75, 3.05) is 50.9 Å². The largest absolute Gasteiger partial charge is 0.396 e. The first kappa shape index (κ1) is 34.4. The van der Waals surface area contributed by atoms with Crippen LogP contribution in [0.15, 0.2) is 0 Å². The molecule has 0 aliphatic carbocycles. The Hall–Kier alpha value is -1.58. The van der Waals surface area contributed by atoms with Crippen molar-refractivity contribution in [3.63, 3.8) is 0 Å². The fourth-order valence-electron chi connectivity index (χ4n) is 2.43. The van der Waals surface area contributed by atoms with E-state index in [0.717, 1.165) is 0 Å². The van der Waals surface area contributed by atoms with Crippen molar-refractivity contribution in [1.82, 2.24) is 21.3 Å². The number of hydrogen-bond acceptors (Lipinski definition) is 10. The van der Waals surface area contributed by atoms with Crippen molar-refractivity contribution in [3.8, 4) is 0 Å². The quantitative estimate of drug-likeness (QED) is 0.0678. The van der Waals surface area contributed by atoms with Gasteiger partial charge in [0.15, 0.2) is 0 Å². The predicted octanol–water partition coefficient (Wildman–Crippen LogP) is -1.63. The number of aliphatic hydroxyl groups is 4. The number of aliphatic hydroxyl groups excluding tert-OH is 4. The normalized spacial score (nSPS) is 13.4. The molecule has 0 saturated carbocycles. The molecule has 0 radical (unpaired) electrons. The molecule has 8 N–H and O–H groups in total. The molecule has 4 amide bonds. The standard InChI is InChI=1S/C22H42N4O8S2/c1-21(2,13-27)17(31)19(33)25-7-5-15(29)23-9-11-35-36-12-10-24-16(30)6-8-26-20(34)18(32)22(3,4)14-28/h17-18,27-28,31-32H,5-14H2,1-4H3,(H,23,29)(H,24,30)(H,25,33)(H,26,34)/t17-,18-/m1/s1. The van der Waals surface area contributed by atoms with Crippen LogP contribution in [0.3, 0.4) is 0 Å². The first-order valence-electron chi connectivity index (χ1n) is 11.7. The number of carbonyl (C=O) groups excluding carboxylic acids is 4. The third kappa shape index (κ3) is 14.2. The first-order chi connectivity index (χ1) is 16.8. The van der Waals surface area contributed by atoms with E-state index in [-0.39, 0.29) is 51.0 Å². The molecule has 0 rings (SSSR count). The maximum Gasteiger partial charge on any atom is 0.249 e. The van der Waals surface area contributed by atoms with Gasteiger partial charge >= 0.3 is 0 Å². The molecule has 0 aromatic heterocycles. The van der Waals surface area contributed by atoms with Crippen molar-refractivity contribution < 1.29 is 39.6 Å². The molecule has 0 spiro atoms. The van der Waals surface area contributed by atoms with Gasteiger partial charge < -0.3 is 41.7 Å². The van der Waals surface area contributed by atoms with Crippen LogP contribution in [0.2, 0.25) is 0 Å². The molecule has 0 aliphatic rings. The molecule has 14 heteroatoms. The summed E-state index contributed by atoms with van der Waals surface area (Å²) in [4.78, 5) is 47.3. The van der Waals surface area contributed by atoms with Gasteiger partial charge in [0.25, 0.3) is 0 Å². The van der Waals surface area contributed by atoms with Crippen LogP contribution in [0.1, 0.15) is 40.5 Å². The van der Waals surface area contributed by atoms with Crippen molar-refractivity contribution >= 4 is 45.2 Å². The Balaban J connectivity index is 3.74. The summed E-state index contributed by atoms with van der Waals surface area (Å²) in [5.41, 5.74) is -1.94. The summed E-state index contributed by atoms with van der Waals surface area (Å²) in [6.45, 7) is 6.59. The van der Waals surface area contributed by atoms with Crippen molar-refractivity contribution in [2.45, 2.75) is 52.7 Å². The molecule has 0 unspecified atom stereocenters. The smallest absolute Gasteiger partial charge is 0.249 e. The van der Waals surface area contributed by atoms with Gasteiger partial charge in [-0.2, -0.15) is 0 Å². The van der Waals surface area contributed by atoms with Gasteiger partial charge in [0, 0.05) is 61.4 Å². The van der Waals surface area contributed by atoms with E-state index in [9.17, 15) is 39.6 Å². The van der Waals surface area contributed by atoms with Crippen molar-refractivity contribution in [2.24, 2.45) is 10.8 Å². The number of carbonyl (C=O) groups is 4. The highest BCUT2D eigenvalue weighted by atomic mass is 33.1. The highest BCUT2D eigenvalue weighted by Gasteiger charge is 2.33. The highest BCUT2D eigenvalue weighted by Crippen LogP contribution is 2.20. The second-order valence-corrected chi connectivity index (χ2v) is 12.2. The van der Waals surface area contributed by atoms with Gasteiger partial charge in [0.1, 0.15) is 12.2 Å². The van der Waals surface area contributed by atoms with Crippen LogP contribution in [0.25, 0.3) is 0 Å². The molecule has 0 saturated heterocycles. The van der Waals surface area contributed by atoms with E-state index >= 15 is 0 Å². The SMILES string of the molecule is CC(C)(CO)[C@H](O)C(=O)NCCC(=O)NCCSSCCNC(=O)CCNC(=O)[C@@H](O)C(C)(C)CO. The van der Waals surface area contributed by atoms with Gasteiger partial charge in [-0.1, -0.05) is 49.3 Å². The Kier molecular flexibility index (Phi) is 17.0. The number of rotatable bonds is 19. The average molecular weight is 555 g/mol. The minimum Gasteiger partial charge on any atom is -0.396 e. The topological polar surface area (TPSA) is 197 Å². The lowest BCUT2D eigenvalue weighted by atomic mass is 9.87. The molecule has 2 atom stereocenters. The Labute approximate surface area is 220 Å². The molecule has 0 aliphatic heterocycles. The van der Waals surface area contributed by atoms with E-state index in [0.29, 0.717) is 24.6 Å². The van der Waals surface area contributed by atoms with Gasteiger partial charge in [-0.3, -0.25) is 19.2 Å². The molecule has 0 bridgehead atoms. The molecule has 36 heavy (non-hydrogen) atoms. The molecule has 210 valence electrons. The molecule has 0 fully saturated rings. The molecule has 0 heterocycles. The van der Waals surface area contributed by atoms with Gasteiger partial charge in [-0.25, -0.2) is 0 Å². The van der Waals surface area contributed by atoms with Crippen LogP contribution >= 0.6 is 21.6 Å². The molecular formula is C22H42N4O8S2. The summed E-state index contributed by atoms with van der Waals surface area (Å²) >= 11 is 0. The Morgan fingerprint density at radius 1 is 0.639 bits per heavy atom. The zero-order chi connectivity index (χ0) is 27.8. The monoisotopic (exact) mass is 554 g/mol. The third-order valence-electron chi connectivity index (χ3n) is 5.19. The number of nitrogens with one attached hydrogen (secondary N) is 4. The summed E-state index contributed by atoms with van der Waals surface area (Å²) in [6.07, 6.45) is -2.59. The van der Waals surface area contributed by atoms with Crippen LogP contribution in [-0.4, -0.2) is 107 Å². The lowest BCUT2D eigenvalue weighted by molar-refractivity contribution is -0.137. The Morgan fingerprint density at radius 2 is 0.972 bits per heavy atom. The summed E-state index contributed by atoms with van der Waals surface area (Å²) in [5.74, 6) is -0.428. The second-order valence-electron chi connectivity index (χ2n) is 9.52. The Morgan fingerprint density at radius 3 is 1.28 bits per heavy atom. The van der Waals surface area contributed by atoms with Gasteiger partial charge in [-0.15, -0.1) is 0 Å². The second kappa shape index (κ2) is 17.8. The summed E-state index contributed by atoms with van der Waals surface area (Å²) in [5, 5.41) is 48.5. The van der Waals surface area contributed by atoms with Crippen LogP contribution in [0.5, 0.6) is 0 Å². The Bertz CT molecular complexity index is 652. The molecule has 0 aromatic rings. The molecule has 12 nitrogen and oxygen atoms in total. The van der Waals surface area contributed by atoms with Crippen LogP contribution in [0.4, 0.5) is 0 Å². The van der Waals surface area contributed by atoms with E-state index in [2.05, 4.69) is 21.3 Å². The van der Waals surface area contributed by atoms with Gasteiger partial charge in [0.05, 0.1) is 13.2 Å². The maximum absolute atomic E-state index is 11.8. The summed E-state index contributed by atoms with van der Waals surface area (Å²) in [6, 6.07) is 0. The van der Waals surface area contributed by atoms with Crippen LogP contribution < -0.4 is 21.3 Å². The third-order valence-corrected chi connectivity index (χ3v) is 7.60. The van der Waals surface area contributed by atoms with Crippen LogP contribution in [0, 0.1) is 10.8 Å². The van der Waals surface area contributed by atoms with Gasteiger partial charge in [0.2, 0.25) is 23.6 Å². The van der Waals surface area contributed by atoms with E-state index < -0.39 is 34.9 Å². The highest BCUT2D eigenvalue weighted by molar-refractivity contribution is 8.76. The van der Waals surface area contributed by atoms with Crippen LogP contribution in [-0.2, 0) is 19.2 Å². The van der Waals surface area contributed by atoms with Crippen molar-refractivity contribution in [3.05, 3.63) is 0 Å². The minimum absolute atomic E-state index is 0.0699. The number of amides is 4. The average Bonchev–Trinajstić information content (AvgIpc) is 2.84. The van der Waals surface area contributed by atoms with Crippen molar-refractivity contribution in [1.29, 1.82) is 0 Å². The fourth-order valence-corrected chi connectivity index (χ4v) is 4.25. The van der Waals surface area contributed by atoms with Gasteiger partial charge in [-0.05, 0) is 0 Å². The maximum atomic E-state index is 11.8. The predicted molar refractivity (Wildman–Crippen MR) is 140 cm³/mol. The zero-order valence-corrected chi connectivity index (χ0v) is 23.1. The molecule has 0 aromatic carbocycles. The zero-order valence-electron chi connectivity index (χ0n) is 21.5. The van der Waals surface area contributed by atoms with E-state index in [1.54, 1.807) is 27.7 Å². The van der Waals surface area contributed by atoms with E-state index in [4.69, 9.17) is 0 Å². The molecular weight excluding hydrogens is 512 g/mol. The summed E-state index contributed by atoms with van der Waals surface area (Å²) in [7, 11) is 3.07. The fraction of sp³-hybridized carbons (Fsp3) is 0.818. The van der Waals surface area contributed by atoms with E-state index in [1.807, 2.05) is 0 Å². The lowest BCUT2D eigenvalue weighted by Crippen LogP contribution is -2.46. The number of hydrogen-bond donors (Lipinski definition) is 8.